The first-order valence-electron chi connectivity index (χ1n) is 4.28. The topological polar surface area (TPSA) is 48.0 Å². The number of benzene rings is 1. The lowest BCUT2D eigenvalue weighted by atomic mass is 10.1. The standard InChI is InChI=1S/C10H10N2O2/c1-7-3-5-8(6-4-7)9-11-14-10(13)12(9)2/h3-6H,1-2H3. The van der Waals surface area contributed by atoms with Gasteiger partial charge in [-0.15, -0.1) is 0 Å². The van der Waals surface area contributed by atoms with Crippen LogP contribution >= 0.6 is 0 Å². The van der Waals surface area contributed by atoms with E-state index < -0.39 is 5.76 Å². The molecule has 0 fully saturated rings. The summed E-state index contributed by atoms with van der Waals surface area (Å²) >= 11 is 0. The minimum atomic E-state index is -0.444. The van der Waals surface area contributed by atoms with E-state index in [2.05, 4.69) is 9.68 Å². The van der Waals surface area contributed by atoms with Gasteiger partial charge < -0.3 is 0 Å². The molecule has 1 aromatic carbocycles. The fourth-order valence-electron chi connectivity index (χ4n) is 1.24. The molecule has 2 aromatic rings. The molecule has 0 aliphatic rings. The van der Waals surface area contributed by atoms with E-state index >= 15 is 0 Å². The number of aryl methyl sites for hydroxylation is 1. The third-order valence-electron chi connectivity index (χ3n) is 2.11. The first-order chi connectivity index (χ1) is 6.68. The van der Waals surface area contributed by atoms with Crippen molar-refractivity contribution in [3.05, 3.63) is 40.4 Å². The van der Waals surface area contributed by atoms with Crippen LogP contribution in [0.4, 0.5) is 0 Å². The lowest BCUT2D eigenvalue weighted by Crippen LogP contribution is -2.09. The van der Waals surface area contributed by atoms with Crippen molar-refractivity contribution >= 4 is 0 Å². The van der Waals surface area contributed by atoms with Crippen LogP contribution < -0.4 is 5.76 Å². The number of rotatable bonds is 1. The van der Waals surface area contributed by atoms with Crippen LogP contribution in [-0.2, 0) is 7.05 Å². The second kappa shape index (κ2) is 3.14. The average molecular weight is 190 g/mol. The predicted octanol–water partition coefficient (Wildman–Crippen LogP) is 1.35. The van der Waals surface area contributed by atoms with Gasteiger partial charge in [-0.3, -0.25) is 9.09 Å². The molecule has 0 saturated heterocycles. The van der Waals surface area contributed by atoms with Crippen molar-refractivity contribution < 1.29 is 4.52 Å². The maximum atomic E-state index is 11.0. The summed E-state index contributed by atoms with van der Waals surface area (Å²) in [4.78, 5) is 11.0. The Labute approximate surface area is 80.8 Å². The van der Waals surface area contributed by atoms with Crippen LogP contribution in [0.1, 0.15) is 5.56 Å². The molecule has 72 valence electrons. The van der Waals surface area contributed by atoms with Crippen molar-refractivity contribution in [1.29, 1.82) is 0 Å². The quantitative estimate of drug-likeness (QED) is 0.682. The van der Waals surface area contributed by atoms with Gasteiger partial charge in [0.1, 0.15) is 0 Å². The maximum Gasteiger partial charge on any atom is 0.441 e. The number of nitrogens with zero attached hydrogens (tertiary/aromatic N) is 2. The Kier molecular flexibility index (Phi) is 1.96. The molecule has 1 aromatic heterocycles. The van der Waals surface area contributed by atoms with Crippen molar-refractivity contribution in [2.45, 2.75) is 6.92 Å². The molecule has 4 heteroatoms. The van der Waals surface area contributed by atoms with Crippen LogP contribution in [0.2, 0.25) is 0 Å². The van der Waals surface area contributed by atoms with Gasteiger partial charge in [0, 0.05) is 12.6 Å². The van der Waals surface area contributed by atoms with Crippen molar-refractivity contribution in [2.24, 2.45) is 7.05 Å². The lowest BCUT2D eigenvalue weighted by Gasteiger charge is -1.98. The van der Waals surface area contributed by atoms with E-state index in [1.54, 1.807) is 7.05 Å². The molecule has 2 rings (SSSR count). The highest BCUT2D eigenvalue weighted by Gasteiger charge is 2.07. The lowest BCUT2D eigenvalue weighted by molar-refractivity contribution is 0.380. The second-order valence-corrected chi connectivity index (χ2v) is 3.20. The maximum absolute atomic E-state index is 11.0. The van der Waals surface area contributed by atoms with Gasteiger partial charge in [-0.25, -0.2) is 4.79 Å². The van der Waals surface area contributed by atoms with Crippen molar-refractivity contribution in [1.82, 2.24) is 9.72 Å². The molecule has 0 spiro atoms. The third kappa shape index (κ3) is 1.35. The summed E-state index contributed by atoms with van der Waals surface area (Å²) in [6, 6.07) is 7.75. The van der Waals surface area contributed by atoms with E-state index in [0.717, 1.165) is 5.56 Å². The van der Waals surface area contributed by atoms with E-state index in [9.17, 15) is 4.79 Å². The van der Waals surface area contributed by atoms with Gasteiger partial charge in [-0.1, -0.05) is 35.0 Å². The summed E-state index contributed by atoms with van der Waals surface area (Å²) < 4.78 is 5.92. The van der Waals surface area contributed by atoms with Crippen molar-refractivity contribution in [2.75, 3.05) is 0 Å². The van der Waals surface area contributed by atoms with Gasteiger partial charge in [-0.2, -0.15) is 0 Å². The zero-order chi connectivity index (χ0) is 10.1. The van der Waals surface area contributed by atoms with E-state index in [4.69, 9.17) is 0 Å². The highest BCUT2D eigenvalue weighted by atomic mass is 16.5. The normalized spacial score (nSPS) is 10.4. The number of aromatic nitrogens is 2. The van der Waals surface area contributed by atoms with Gasteiger partial charge in [0.05, 0.1) is 0 Å². The smallest absolute Gasteiger partial charge is 0.295 e. The zero-order valence-electron chi connectivity index (χ0n) is 8.02. The monoisotopic (exact) mass is 190 g/mol. The molecule has 4 nitrogen and oxygen atoms in total. The first-order valence-corrected chi connectivity index (χ1v) is 4.28. The molecular formula is C10H10N2O2. The van der Waals surface area contributed by atoms with E-state index in [-0.39, 0.29) is 0 Å². The molecular weight excluding hydrogens is 180 g/mol. The molecule has 1 heterocycles. The van der Waals surface area contributed by atoms with E-state index in [0.29, 0.717) is 5.82 Å². The SMILES string of the molecule is Cc1ccc(-c2noc(=O)n2C)cc1. The molecule has 0 aliphatic heterocycles. The molecule has 0 aliphatic carbocycles. The van der Waals surface area contributed by atoms with Crippen molar-refractivity contribution in [3.63, 3.8) is 0 Å². The van der Waals surface area contributed by atoms with Gasteiger partial charge in [-0.05, 0) is 6.92 Å². The Bertz CT molecular complexity index is 494. The summed E-state index contributed by atoms with van der Waals surface area (Å²) in [7, 11) is 1.63. The highest BCUT2D eigenvalue weighted by Crippen LogP contribution is 2.14. The van der Waals surface area contributed by atoms with Gasteiger partial charge in [0.15, 0.2) is 5.82 Å². The summed E-state index contributed by atoms with van der Waals surface area (Å²) in [5.41, 5.74) is 2.05. The minimum absolute atomic E-state index is 0.444. The Morgan fingerprint density at radius 3 is 2.43 bits per heavy atom. The zero-order valence-corrected chi connectivity index (χ0v) is 8.02. The first kappa shape index (κ1) is 8.74. The molecule has 0 radical (unpaired) electrons. The van der Waals surface area contributed by atoms with Crippen molar-refractivity contribution in [3.8, 4) is 11.4 Å². The van der Waals surface area contributed by atoms with E-state index in [1.165, 1.54) is 10.1 Å². The third-order valence-corrected chi connectivity index (χ3v) is 2.11. The summed E-state index contributed by atoms with van der Waals surface area (Å²) in [6.45, 7) is 2.01. The predicted molar refractivity (Wildman–Crippen MR) is 51.9 cm³/mol. The molecule has 0 amide bonds. The van der Waals surface area contributed by atoms with Crippen LogP contribution in [0.3, 0.4) is 0 Å². The summed E-state index contributed by atoms with van der Waals surface area (Å²) in [5.74, 6) is 0.107. The summed E-state index contributed by atoms with van der Waals surface area (Å²) in [5, 5.41) is 3.69. The fraction of sp³-hybridized carbons (Fsp3) is 0.200. The Hall–Kier alpha value is -1.84. The average Bonchev–Trinajstić information content (AvgIpc) is 2.50. The molecule has 14 heavy (non-hydrogen) atoms. The molecule has 0 N–H and O–H groups in total. The van der Waals surface area contributed by atoms with Crippen LogP contribution in [0, 0.1) is 6.92 Å². The summed E-state index contributed by atoms with van der Waals surface area (Å²) in [6.07, 6.45) is 0. The second-order valence-electron chi connectivity index (χ2n) is 3.20. The highest BCUT2D eigenvalue weighted by molar-refractivity contribution is 5.54. The van der Waals surface area contributed by atoms with Crippen LogP contribution in [0.25, 0.3) is 11.4 Å². The number of hydrogen-bond acceptors (Lipinski definition) is 3. The van der Waals surface area contributed by atoms with Gasteiger partial charge >= 0.3 is 5.76 Å². The van der Waals surface area contributed by atoms with Gasteiger partial charge in [0.2, 0.25) is 0 Å². The molecule has 0 bridgehead atoms. The van der Waals surface area contributed by atoms with Crippen LogP contribution in [0.5, 0.6) is 0 Å². The largest absolute Gasteiger partial charge is 0.441 e. The molecule has 0 unspecified atom stereocenters. The molecule has 0 atom stereocenters. The minimum Gasteiger partial charge on any atom is -0.295 e. The van der Waals surface area contributed by atoms with E-state index in [1.807, 2.05) is 31.2 Å². The van der Waals surface area contributed by atoms with Crippen LogP contribution in [0.15, 0.2) is 33.6 Å². The Morgan fingerprint density at radius 2 is 1.93 bits per heavy atom. The fourth-order valence-corrected chi connectivity index (χ4v) is 1.24. The Morgan fingerprint density at radius 1 is 1.29 bits per heavy atom. The van der Waals surface area contributed by atoms with Gasteiger partial charge in [0.25, 0.3) is 0 Å². The number of hydrogen-bond donors (Lipinski definition) is 0. The Balaban J connectivity index is 2.55. The van der Waals surface area contributed by atoms with Crippen LogP contribution in [-0.4, -0.2) is 9.72 Å². The molecule has 0 saturated carbocycles.